The molecule has 1 aliphatic heterocycles. The van der Waals surface area contributed by atoms with E-state index in [1.54, 1.807) is 7.11 Å². The van der Waals surface area contributed by atoms with E-state index in [0.29, 0.717) is 0 Å². The van der Waals surface area contributed by atoms with E-state index in [1.165, 1.54) is 0 Å². The van der Waals surface area contributed by atoms with Crippen molar-refractivity contribution in [3.05, 3.63) is 53.1 Å². The maximum atomic E-state index is 6.38. The molecule has 1 aliphatic rings. The van der Waals surface area contributed by atoms with Crippen LogP contribution in [0.15, 0.2) is 36.4 Å². The fourth-order valence-electron chi connectivity index (χ4n) is 2.38. The molecule has 4 nitrogen and oxygen atoms in total. The second kappa shape index (κ2) is 5.06. The van der Waals surface area contributed by atoms with Crippen LogP contribution in [0.5, 0.6) is 17.2 Å². The van der Waals surface area contributed by atoms with Crippen LogP contribution in [0.4, 0.5) is 0 Å². The Hall–Kier alpha value is -2.20. The van der Waals surface area contributed by atoms with E-state index in [9.17, 15) is 0 Å². The summed E-state index contributed by atoms with van der Waals surface area (Å²) >= 11 is 0. The molecule has 3 rings (SSSR count). The number of rotatable bonds is 3. The normalized spacial score (nSPS) is 14.2. The van der Waals surface area contributed by atoms with E-state index in [1.807, 2.05) is 43.3 Å². The fourth-order valence-corrected chi connectivity index (χ4v) is 2.38. The first-order valence-electron chi connectivity index (χ1n) is 6.48. The topological polar surface area (TPSA) is 53.7 Å². The van der Waals surface area contributed by atoms with Gasteiger partial charge in [0.2, 0.25) is 6.79 Å². The molecule has 0 aromatic heterocycles. The number of aryl methyl sites for hydroxylation is 1. The third kappa shape index (κ3) is 2.18. The summed E-state index contributed by atoms with van der Waals surface area (Å²) in [7, 11) is 1.65. The Labute approximate surface area is 118 Å². The van der Waals surface area contributed by atoms with E-state index in [4.69, 9.17) is 19.9 Å². The van der Waals surface area contributed by atoms with Crippen LogP contribution in [0.2, 0.25) is 0 Å². The molecule has 2 N–H and O–H groups in total. The minimum absolute atomic E-state index is 0.264. The molecule has 2 aromatic rings. The van der Waals surface area contributed by atoms with Crippen molar-refractivity contribution >= 4 is 0 Å². The monoisotopic (exact) mass is 271 g/mol. The van der Waals surface area contributed by atoms with Gasteiger partial charge in [0.15, 0.2) is 11.5 Å². The first-order valence-corrected chi connectivity index (χ1v) is 6.48. The lowest BCUT2D eigenvalue weighted by atomic mass is 9.97. The molecule has 104 valence electrons. The second-order valence-electron chi connectivity index (χ2n) is 4.84. The lowest BCUT2D eigenvalue weighted by Gasteiger charge is -2.17. The highest BCUT2D eigenvalue weighted by Crippen LogP contribution is 2.36. The molecule has 1 atom stereocenters. The smallest absolute Gasteiger partial charge is 0.231 e. The van der Waals surface area contributed by atoms with Crippen LogP contribution in [0.1, 0.15) is 22.7 Å². The number of ether oxygens (including phenoxy) is 3. The Morgan fingerprint density at radius 2 is 1.90 bits per heavy atom. The number of nitrogens with two attached hydrogens (primary N) is 1. The summed E-state index contributed by atoms with van der Waals surface area (Å²) in [6.45, 7) is 2.30. The Bertz CT molecular complexity index is 640. The van der Waals surface area contributed by atoms with E-state index < -0.39 is 0 Å². The molecule has 0 saturated heterocycles. The Morgan fingerprint density at radius 3 is 2.70 bits per heavy atom. The van der Waals surface area contributed by atoms with Gasteiger partial charge in [0.25, 0.3) is 0 Å². The van der Waals surface area contributed by atoms with Crippen LogP contribution in [0, 0.1) is 6.92 Å². The zero-order chi connectivity index (χ0) is 14.1. The van der Waals surface area contributed by atoms with Crippen LogP contribution in [-0.4, -0.2) is 13.9 Å². The lowest BCUT2D eigenvalue weighted by Crippen LogP contribution is -2.13. The van der Waals surface area contributed by atoms with Crippen LogP contribution in [0.3, 0.4) is 0 Å². The van der Waals surface area contributed by atoms with Gasteiger partial charge < -0.3 is 19.9 Å². The molecule has 4 heteroatoms. The molecule has 0 fully saturated rings. The Kier molecular flexibility index (Phi) is 3.24. The quantitative estimate of drug-likeness (QED) is 0.932. The largest absolute Gasteiger partial charge is 0.496 e. The van der Waals surface area contributed by atoms with Crippen molar-refractivity contribution in [1.29, 1.82) is 0 Å². The van der Waals surface area contributed by atoms with Crippen molar-refractivity contribution in [3.63, 3.8) is 0 Å². The number of hydrogen-bond donors (Lipinski definition) is 1. The highest BCUT2D eigenvalue weighted by Gasteiger charge is 2.19. The molecule has 0 saturated carbocycles. The van der Waals surface area contributed by atoms with Crippen LogP contribution in [-0.2, 0) is 0 Å². The first kappa shape index (κ1) is 12.8. The third-order valence-electron chi connectivity index (χ3n) is 3.48. The van der Waals surface area contributed by atoms with Crippen molar-refractivity contribution in [1.82, 2.24) is 0 Å². The molecule has 2 aromatic carbocycles. The second-order valence-corrected chi connectivity index (χ2v) is 4.84. The summed E-state index contributed by atoms with van der Waals surface area (Å²) in [4.78, 5) is 0. The number of benzene rings is 2. The predicted molar refractivity (Wildman–Crippen MR) is 76.3 cm³/mol. The van der Waals surface area contributed by atoms with Crippen molar-refractivity contribution in [2.75, 3.05) is 13.9 Å². The van der Waals surface area contributed by atoms with Crippen LogP contribution < -0.4 is 19.9 Å². The standard InChI is InChI=1S/C16H17NO3/c1-10-3-5-13(18-2)12(7-10)16(17)11-4-6-14-15(8-11)20-9-19-14/h3-8,16H,9,17H2,1-2H3. The maximum Gasteiger partial charge on any atom is 0.231 e. The first-order chi connectivity index (χ1) is 9.69. The molecule has 20 heavy (non-hydrogen) atoms. The molecule has 0 amide bonds. The van der Waals surface area contributed by atoms with Gasteiger partial charge in [0, 0.05) is 5.56 Å². The van der Waals surface area contributed by atoms with Gasteiger partial charge >= 0.3 is 0 Å². The van der Waals surface area contributed by atoms with Gasteiger partial charge in [-0.2, -0.15) is 0 Å². The third-order valence-corrected chi connectivity index (χ3v) is 3.48. The van der Waals surface area contributed by atoms with Crippen molar-refractivity contribution < 1.29 is 14.2 Å². The zero-order valence-electron chi connectivity index (χ0n) is 11.6. The van der Waals surface area contributed by atoms with Crippen LogP contribution >= 0.6 is 0 Å². The molecular formula is C16H17NO3. The predicted octanol–water partition coefficient (Wildman–Crippen LogP) is 2.78. The average molecular weight is 271 g/mol. The molecule has 0 bridgehead atoms. The minimum atomic E-state index is -0.264. The van der Waals surface area contributed by atoms with Crippen LogP contribution in [0.25, 0.3) is 0 Å². The highest BCUT2D eigenvalue weighted by atomic mass is 16.7. The molecule has 0 radical (unpaired) electrons. The summed E-state index contributed by atoms with van der Waals surface area (Å²) in [5.41, 5.74) is 9.46. The minimum Gasteiger partial charge on any atom is -0.496 e. The molecule has 1 heterocycles. The molecule has 1 unspecified atom stereocenters. The number of hydrogen-bond acceptors (Lipinski definition) is 4. The van der Waals surface area contributed by atoms with Gasteiger partial charge in [-0.15, -0.1) is 0 Å². The summed E-state index contributed by atoms with van der Waals surface area (Å²) in [6.07, 6.45) is 0. The van der Waals surface area contributed by atoms with Crippen molar-refractivity contribution in [2.45, 2.75) is 13.0 Å². The lowest BCUT2D eigenvalue weighted by molar-refractivity contribution is 0.174. The number of fused-ring (bicyclic) bond motifs is 1. The molecular weight excluding hydrogens is 254 g/mol. The van der Waals surface area contributed by atoms with Crippen molar-refractivity contribution in [3.8, 4) is 17.2 Å². The highest BCUT2D eigenvalue weighted by molar-refractivity contribution is 5.49. The Morgan fingerprint density at radius 1 is 1.10 bits per heavy atom. The van der Waals surface area contributed by atoms with E-state index >= 15 is 0 Å². The van der Waals surface area contributed by atoms with Gasteiger partial charge in [-0.1, -0.05) is 23.8 Å². The SMILES string of the molecule is COc1ccc(C)cc1C(N)c1ccc2c(c1)OCO2. The zero-order valence-corrected chi connectivity index (χ0v) is 11.6. The van der Waals surface area contributed by atoms with E-state index in [0.717, 1.165) is 33.9 Å². The molecule has 0 aliphatic carbocycles. The van der Waals surface area contributed by atoms with Gasteiger partial charge in [0.05, 0.1) is 13.2 Å². The van der Waals surface area contributed by atoms with Gasteiger partial charge in [0.1, 0.15) is 5.75 Å². The van der Waals surface area contributed by atoms with Gasteiger partial charge in [-0.3, -0.25) is 0 Å². The summed E-state index contributed by atoms with van der Waals surface area (Å²) < 4.78 is 16.1. The van der Waals surface area contributed by atoms with Gasteiger partial charge in [-0.25, -0.2) is 0 Å². The Balaban J connectivity index is 2.00. The van der Waals surface area contributed by atoms with E-state index in [-0.39, 0.29) is 12.8 Å². The average Bonchev–Trinajstić information content (AvgIpc) is 2.93. The van der Waals surface area contributed by atoms with Crippen molar-refractivity contribution in [2.24, 2.45) is 5.73 Å². The fraction of sp³-hybridized carbons (Fsp3) is 0.250. The number of methoxy groups -OCH3 is 1. The van der Waals surface area contributed by atoms with Gasteiger partial charge in [-0.05, 0) is 30.7 Å². The summed E-state index contributed by atoms with van der Waals surface area (Å²) in [5, 5.41) is 0. The molecule has 0 spiro atoms. The summed E-state index contributed by atoms with van der Waals surface area (Å²) in [6, 6.07) is 11.5. The van der Waals surface area contributed by atoms with E-state index in [2.05, 4.69) is 0 Å². The maximum absolute atomic E-state index is 6.38. The summed E-state index contributed by atoms with van der Waals surface area (Å²) in [5.74, 6) is 2.29.